The molecule has 0 atom stereocenters. The van der Waals surface area contributed by atoms with Crippen molar-refractivity contribution in [3.05, 3.63) is 5.82 Å². The fourth-order valence-electron chi connectivity index (χ4n) is 0.974. The molecule has 88 valence electrons. The Morgan fingerprint density at radius 2 is 1.71 bits per heavy atom. The fraction of sp³-hybridized carbons (Fsp3) is 0.455. The average molecular weight is 232 g/mol. The zero-order valence-corrected chi connectivity index (χ0v) is 9.73. The van der Waals surface area contributed by atoms with E-state index in [0.29, 0.717) is 18.7 Å². The number of methoxy groups -OCH3 is 2. The summed E-state index contributed by atoms with van der Waals surface area (Å²) in [5, 5.41) is 8.36. The van der Waals surface area contributed by atoms with E-state index in [1.807, 2.05) is 0 Å². The van der Waals surface area contributed by atoms with Crippen molar-refractivity contribution in [2.75, 3.05) is 14.2 Å². The van der Waals surface area contributed by atoms with Crippen molar-refractivity contribution in [3.63, 3.8) is 0 Å². The van der Waals surface area contributed by atoms with E-state index in [0.717, 1.165) is 6.42 Å². The second kappa shape index (κ2) is 7.02. The third-order valence-corrected chi connectivity index (χ3v) is 1.75. The Labute approximate surface area is 99.6 Å². The SMILES string of the molecule is COc1nc(C#CCCCC#N)nc(OC)n1. The molecule has 1 aromatic rings. The molecule has 0 radical (unpaired) electrons. The van der Waals surface area contributed by atoms with Gasteiger partial charge in [0.25, 0.3) is 0 Å². The highest BCUT2D eigenvalue weighted by molar-refractivity contribution is 5.23. The van der Waals surface area contributed by atoms with Crippen molar-refractivity contribution >= 4 is 0 Å². The first-order valence-corrected chi connectivity index (χ1v) is 5.00. The lowest BCUT2D eigenvalue weighted by Crippen LogP contribution is -2.01. The van der Waals surface area contributed by atoms with Crippen LogP contribution in [0.1, 0.15) is 25.1 Å². The van der Waals surface area contributed by atoms with Crippen molar-refractivity contribution in [1.82, 2.24) is 15.0 Å². The Bertz CT molecular complexity index is 448. The molecule has 0 aliphatic rings. The maximum absolute atomic E-state index is 8.36. The molecule has 1 rings (SSSR count). The molecule has 0 fully saturated rings. The van der Waals surface area contributed by atoms with Gasteiger partial charge in [0.05, 0.1) is 20.3 Å². The second-order valence-electron chi connectivity index (χ2n) is 2.95. The Kier molecular flexibility index (Phi) is 5.26. The zero-order valence-electron chi connectivity index (χ0n) is 9.73. The third-order valence-electron chi connectivity index (χ3n) is 1.75. The van der Waals surface area contributed by atoms with Gasteiger partial charge in [0.15, 0.2) is 0 Å². The first-order valence-electron chi connectivity index (χ1n) is 5.00. The molecule has 0 bridgehead atoms. The van der Waals surface area contributed by atoms with Crippen molar-refractivity contribution in [2.45, 2.75) is 19.3 Å². The number of rotatable bonds is 4. The number of hydrogen-bond acceptors (Lipinski definition) is 6. The predicted octanol–water partition coefficient (Wildman–Crippen LogP) is 0.934. The van der Waals surface area contributed by atoms with Crippen molar-refractivity contribution in [2.24, 2.45) is 0 Å². The van der Waals surface area contributed by atoms with E-state index in [2.05, 4.69) is 32.9 Å². The normalized spacial score (nSPS) is 8.76. The quantitative estimate of drug-likeness (QED) is 0.567. The monoisotopic (exact) mass is 232 g/mol. The van der Waals surface area contributed by atoms with Crippen molar-refractivity contribution in [1.29, 1.82) is 5.26 Å². The Morgan fingerprint density at radius 3 is 2.24 bits per heavy atom. The lowest BCUT2D eigenvalue weighted by atomic mass is 10.2. The van der Waals surface area contributed by atoms with Crippen LogP contribution in [0.3, 0.4) is 0 Å². The molecule has 6 nitrogen and oxygen atoms in total. The number of unbranched alkanes of at least 4 members (excludes halogenated alkanes) is 2. The van der Waals surface area contributed by atoms with Gasteiger partial charge >= 0.3 is 12.0 Å². The molecular weight excluding hydrogens is 220 g/mol. The highest BCUT2D eigenvalue weighted by Crippen LogP contribution is 2.07. The van der Waals surface area contributed by atoms with Crippen LogP contribution < -0.4 is 9.47 Å². The molecule has 0 aliphatic heterocycles. The largest absolute Gasteiger partial charge is 0.467 e. The molecule has 0 unspecified atom stereocenters. The number of nitrogens with zero attached hydrogens (tertiary/aromatic N) is 4. The van der Waals surface area contributed by atoms with Crippen molar-refractivity contribution < 1.29 is 9.47 Å². The summed E-state index contributed by atoms with van der Waals surface area (Å²) in [7, 11) is 2.91. The second-order valence-corrected chi connectivity index (χ2v) is 2.95. The fourth-order valence-corrected chi connectivity index (χ4v) is 0.974. The average Bonchev–Trinajstić information content (AvgIpc) is 2.38. The molecule has 1 heterocycles. The van der Waals surface area contributed by atoms with Gasteiger partial charge in [0, 0.05) is 12.8 Å². The summed E-state index contributed by atoms with van der Waals surface area (Å²) in [6.07, 6.45) is 1.87. The van der Waals surface area contributed by atoms with Crippen LogP contribution in [0.5, 0.6) is 12.0 Å². The van der Waals surface area contributed by atoms with Crippen LogP contribution in [0.25, 0.3) is 0 Å². The standard InChI is InChI=1S/C11H12N4O2/c1-16-10-13-9(14-11(15-10)17-2)7-5-3-4-6-8-12/h3-4,6H2,1-2H3. The van der Waals surface area contributed by atoms with E-state index in [4.69, 9.17) is 14.7 Å². The Morgan fingerprint density at radius 1 is 1.06 bits per heavy atom. The molecular formula is C11H12N4O2. The summed E-state index contributed by atoms with van der Waals surface area (Å²) >= 11 is 0. The van der Waals surface area contributed by atoms with Gasteiger partial charge in [-0.2, -0.15) is 15.2 Å². The van der Waals surface area contributed by atoms with Crippen LogP contribution in [0.15, 0.2) is 0 Å². The van der Waals surface area contributed by atoms with Crippen LogP contribution in [0, 0.1) is 23.2 Å². The van der Waals surface area contributed by atoms with Gasteiger partial charge in [0.1, 0.15) is 0 Å². The van der Waals surface area contributed by atoms with Crippen LogP contribution in [-0.2, 0) is 0 Å². The van der Waals surface area contributed by atoms with E-state index < -0.39 is 0 Å². The van der Waals surface area contributed by atoms with Gasteiger partial charge in [-0.05, 0) is 12.3 Å². The topological polar surface area (TPSA) is 80.9 Å². The lowest BCUT2D eigenvalue weighted by molar-refractivity contribution is 0.339. The van der Waals surface area contributed by atoms with Gasteiger partial charge in [-0.3, -0.25) is 0 Å². The highest BCUT2D eigenvalue weighted by atomic mass is 16.5. The van der Waals surface area contributed by atoms with Gasteiger partial charge < -0.3 is 9.47 Å². The molecule has 1 aromatic heterocycles. The minimum absolute atomic E-state index is 0.165. The van der Waals surface area contributed by atoms with Crippen LogP contribution >= 0.6 is 0 Å². The number of hydrogen-bond donors (Lipinski definition) is 0. The van der Waals surface area contributed by atoms with Gasteiger partial charge in [-0.15, -0.1) is 4.98 Å². The van der Waals surface area contributed by atoms with Gasteiger partial charge in [-0.1, -0.05) is 5.92 Å². The molecule has 0 N–H and O–H groups in total. The van der Waals surface area contributed by atoms with Gasteiger partial charge in [-0.25, -0.2) is 0 Å². The van der Waals surface area contributed by atoms with E-state index in [-0.39, 0.29) is 12.0 Å². The highest BCUT2D eigenvalue weighted by Gasteiger charge is 2.04. The first-order chi connectivity index (χ1) is 8.30. The molecule has 0 aliphatic carbocycles. The summed E-state index contributed by atoms with van der Waals surface area (Å²) < 4.78 is 9.78. The maximum atomic E-state index is 8.36. The van der Waals surface area contributed by atoms with E-state index >= 15 is 0 Å². The summed E-state index contributed by atoms with van der Waals surface area (Å²) in [6, 6.07) is 2.38. The van der Waals surface area contributed by atoms with Crippen LogP contribution in [0.4, 0.5) is 0 Å². The first kappa shape index (κ1) is 12.7. The minimum Gasteiger partial charge on any atom is -0.467 e. The Hall–Kier alpha value is -2.34. The molecule has 0 saturated carbocycles. The molecule has 0 aromatic carbocycles. The molecule has 6 heteroatoms. The molecule has 17 heavy (non-hydrogen) atoms. The van der Waals surface area contributed by atoms with E-state index in [1.54, 1.807) is 0 Å². The predicted molar refractivity (Wildman–Crippen MR) is 59.3 cm³/mol. The van der Waals surface area contributed by atoms with Crippen LogP contribution in [0.2, 0.25) is 0 Å². The summed E-state index contributed by atoms with van der Waals surface area (Å²) in [5.41, 5.74) is 0. The number of aromatic nitrogens is 3. The molecule has 0 saturated heterocycles. The van der Waals surface area contributed by atoms with E-state index in [9.17, 15) is 0 Å². The summed E-state index contributed by atoms with van der Waals surface area (Å²) in [6.45, 7) is 0. The van der Waals surface area contributed by atoms with E-state index in [1.165, 1.54) is 14.2 Å². The number of ether oxygens (including phenoxy) is 2. The van der Waals surface area contributed by atoms with Crippen molar-refractivity contribution in [3.8, 4) is 29.9 Å². The van der Waals surface area contributed by atoms with Crippen LogP contribution in [-0.4, -0.2) is 29.2 Å². The number of nitriles is 1. The smallest absolute Gasteiger partial charge is 0.323 e. The summed E-state index contributed by atoms with van der Waals surface area (Å²) in [4.78, 5) is 11.8. The zero-order chi connectivity index (χ0) is 12.5. The lowest BCUT2D eigenvalue weighted by Gasteiger charge is -2.00. The maximum Gasteiger partial charge on any atom is 0.323 e. The summed E-state index contributed by atoms with van der Waals surface area (Å²) in [5.74, 6) is 5.94. The third kappa shape index (κ3) is 4.35. The van der Waals surface area contributed by atoms with Gasteiger partial charge in [0.2, 0.25) is 5.82 Å². The molecule has 0 amide bonds. The molecule has 0 spiro atoms. The Balaban J connectivity index is 2.73. The minimum atomic E-state index is 0.165.